The number of pyridine rings is 1. The third-order valence-electron chi connectivity index (χ3n) is 7.09. The van der Waals surface area contributed by atoms with Crippen molar-refractivity contribution in [1.82, 2.24) is 24.6 Å². The van der Waals surface area contributed by atoms with Gasteiger partial charge in [0.1, 0.15) is 5.60 Å². The molecular formula is C23H31N5O3. The van der Waals surface area contributed by atoms with Gasteiger partial charge in [-0.05, 0) is 31.5 Å². The highest BCUT2D eigenvalue weighted by Gasteiger charge is 2.62. The minimum absolute atomic E-state index is 0.0712. The summed E-state index contributed by atoms with van der Waals surface area (Å²) in [4.78, 5) is 22.0. The summed E-state index contributed by atoms with van der Waals surface area (Å²) in [6, 6.07) is 8.00. The summed E-state index contributed by atoms with van der Waals surface area (Å²) < 4.78 is 8.38. The zero-order chi connectivity index (χ0) is 21.4. The average molecular weight is 426 g/mol. The maximum absolute atomic E-state index is 13.0. The van der Waals surface area contributed by atoms with Gasteiger partial charge in [-0.15, -0.1) is 0 Å². The fourth-order valence-electron chi connectivity index (χ4n) is 5.74. The van der Waals surface area contributed by atoms with Gasteiger partial charge in [0.25, 0.3) is 0 Å². The quantitative estimate of drug-likeness (QED) is 0.715. The van der Waals surface area contributed by atoms with Crippen LogP contribution in [0, 0.1) is 18.8 Å². The molecule has 8 nitrogen and oxygen atoms in total. The second-order valence-corrected chi connectivity index (χ2v) is 9.26. The number of aliphatic hydroxyl groups is 1. The lowest BCUT2D eigenvalue weighted by Gasteiger charge is -2.40. The van der Waals surface area contributed by atoms with Gasteiger partial charge in [-0.3, -0.25) is 19.4 Å². The molecule has 2 aromatic heterocycles. The van der Waals surface area contributed by atoms with Crippen LogP contribution in [0.15, 0.2) is 36.7 Å². The molecule has 166 valence electrons. The molecule has 3 aliphatic heterocycles. The number of aromatic nitrogens is 3. The van der Waals surface area contributed by atoms with Crippen molar-refractivity contribution in [3.8, 4) is 0 Å². The van der Waals surface area contributed by atoms with Gasteiger partial charge in [-0.25, -0.2) is 0 Å². The molecule has 4 atom stereocenters. The minimum Gasteiger partial charge on any atom is -0.396 e. The Morgan fingerprint density at radius 2 is 2.19 bits per heavy atom. The maximum Gasteiger partial charge on any atom is 0.222 e. The summed E-state index contributed by atoms with van der Waals surface area (Å²) in [5.74, 6) is 0.502. The van der Waals surface area contributed by atoms with E-state index in [1.807, 2.05) is 40.9 Å². The number of aliphatic hydroxyl groups excluding tert-OH is 1. The Labute approximate surface area is 182 Å². The number of hydrogen-bond acceptors (Lipinski definition) is 6. The Morgan fingerprint density at radius 3 is 2.97 bits per heavy atom. The molecule has 3 fully saturated rings. The van der Waals surface area contributed by atoms with Gasteiger partial charge in [0.2, 0.25) is 5.91 Å². The zero-order valence-electron chi connectivity index (χ0n) is 18.1. The molecule has 5 heterocycles. The van der Waals surface area contributed by atoms with Gasteiger partial charge in [0.15, 0.2) is 0 Å². The average Bonchev–Trinajstić information content (AvgIpc) is 3.41. The van der Waals surface area contributed by atoms with Crippen molar-refractivity contribution in [3.63, 3.8) is 0 Å². The molecule has 31 heavy (non-hydrogen) atoms. The van der Waals surface area contributed by atoms with Crippen molar-refractivity contribution < 1.29 is 14.6 Å². The molecule has 0 unspecified atom stereocenters. The van der Waals surface area contributed by atoms with E-state index in [4.69, 9.17) is 4.74 Å². The molecule has 5 rings (SSSR count). The van der Waals surface area contributed by atoms with E-state index in [2.05, 4.69) is 21.0 Å². The van der Waals surface area contributed by atoms with Gasteiger partial charge in [0.05, 0.1) is 18.3 Å². The fourth-order valence-corrected chi connectivity index (χ4v) is 5.74. The van der Waals surface area contributed by atoms with Gasteiger partial charge >= 0.3 is 0 Å². The molecule has 2 bridgehead atoms. The molecule has 3 aliphatic rings. The van der Waals surface area contributed by atoms with Crippen molar-refractivity contribution in [2.75, 3.05) is 32.8 Å². The van der Waals surface area contributed by atoms with Crippen LogP contribution in [0.1, 0.15) is 24.2 Å². The van der Waals surface area contributed by atoms with E-state index in [0.29, 0.717) is 19.5 Å². The van der Waals surface area contributed by atoms with Crippen LogP contribution < -0.4 is 0 Å². The highest BCUT2D eigenvalue weighted by Crippen LogP contribution is 2.49. The van der Waals surface area contributed by atoms with Crippen LogP contribution in [0.3, 0.4) is 0 Å². The van der Waals surface area contributed by atoms with Crippen molar-refractivity contribution in [2.24, 2.45) is 11.8 Å². The molecule has 1 N–H and O–H groups in total. The SMILES string of the molecule is Cc1cccc(CN2C[C@@H]3[C@H](CO)[C@H]4CN(C(=O)CCCn5cccn5)C[C@]3(C2)O4)n1. The number of rotatable bonds is 7. The van der Waals surface area contributed by atoms with Crippen LogP contribution in [0.5, 0.6) is 0 Å². The minimum atomic E-state index is -0.377. The lowest BCUT2D eigenvalue weighted by molar-refractivity contribution is -0.153. The lowest BCUT2D eigenvalue weighted by atomic mass is 9.83. The number of nitrogens with zero attached hydrogens (tertiary/aromatic N) is 5. The monoisotopic (exact) mass is 425 g/mol. The highest BCUT2D eigenvalue weighted by atomic mass is 16.5. The first-order valence-corrected chi connectivity index (χ1v) is 11.2. The summed E-state index contributed by atoms with van der Waals surface area (Å²) in [6.07, 6.45) is 4.89. The molecule has 1 spiro atoms. The van der Waals surface area contributed by atoms with E-state index < -0.39 is 0 Å². The number of carbonyl (C=O) groups is 1. The second kappa shape index (κ2) is 8.33. The number of fused-ring (bicyclic) bond motifs is 1. The van der Waals surface area contributed by atoms with Crippen LogP contribution in [0.2, 0.25) is 0 Å². The van der Waals surface area contributed by atoms with E-state index in [0.717, 1.165) is 44.0 Å². The third kappa shape index (κ3) is 4.00. The first-order chi connectivity index (χ1) is 15.1. The zero-order valence-corrected chi connectivity index (χ0v) is 18.1. The molecule has 0 saturated carbocycles. The van der Waals surface area contributed by atoms with Crippen molar-refractivity contribution in [2.45, 2.75) is 44.6 Å². The largest absolute Gasteiger partial charge is 0.396 e. The standard InChI is InChI=1S/C23H31N5O3/c1-17-5-2-6-18(25-17)11-26-12-20-19(14-29)21-13-27(16-23(20,15-26)31-21)22(30)7-3-9-28-10-4-8-24-28/h2,4-6,8,10,19-21,29H,3,7,9,11-16H2,1H3/t19-,20+,21+,23-/m0/s1. The van der Waals surface area contributed by atoms with Gasteiger partial charge < -0.3 is 14.7 Å². The van der Waals surface area contributed by atoms with Crippen LogP contribution >= 0.6 is 0 Å². The van der Waals surface area contributed by atoms with Gasteiger partial charge in [-0.2, -0.15) is 5.10 Å². The Hall–Kier alpha value is -2.29. The normalized spacial score (nSPS) is 30.0. The Morgan fingerprint density at radius 1 is 1.29 bits per heavy atom. The Bertz CT molecular complexity index is 920. The van der Waals surface area contributed by atoms with E-state index in [9.17, 15) is 9.90 Å². The smallest absolute Gasteiger partial charge is 0.222 e. The molecular weight excluding hydrogens is 394 g/mol. The fraction of sp³-hybridized carbons (Fsp3) is 0.609. The van der Waals surface area contributed by atoms with E-state index >= 15 is 0 Å². The molecule has 3 saturated heterocycles. The number of likely N-dealkylation sites (tertiary alicyclic amines) is 2. The number of morpholine rings is 1. The summed E-state index contributed by atoms with van der Waals surface area (Å²) in [5.41, 5.74) is 1.69. The Balaban J connectivity index is 1.25. The first-order valence-electron chi connectivity index (χ1n) is 11.2. The summed E-state index contributed by atoms with van der Waals surface area (Å²) in [7, 11) is 0. The topological polar surface area (TPSA) is 83.7 Å². The highest BCUT2D eigenvalue weighted by molar-refractivity contribution is 5.76. The molecule has 2 aromatic rings. The number of amides is 1. The predicted octanol–water partition coefficient (Wildman–Crippen LogP) is 1.09. The number of ether oxygens (including phenoxy) is 1. The van der Waals surface area contributed by atoms with Gasteiger partial charge in [0, 0.05) is 75.7 Å². The van der Waals surface area contributed by atoms with E-state index in [-0.39, 0.29) is 36.1 Å². The lowest BCUT2D eigenvalue weighted by Crippen LogP contribution is -2.55. The summed E-state index contributed by atoms with van der Waals surface area (Å²) >= 11 is 0. The second-order valence-electron chi connectivity index (χ2n) is 9.26. The summed E-state index contributed by atoms with van der Waals surface area (Å²) in [6.45, 7) is 6.48. The van der Waals surface area contributed by atoms with Crippen LogP contribution in [-0.4, -0.2) is 80.1 Å². The molecule has 0 aliphatic carbocycles. The molecule has 0 aromatic carbocycles. The maximum atomic E-state index is 13.0. The van der Waals surface area contributed by atoms with E-state index in [1.165, 1.54) is 0 Å². The van der Waals surface area contributed by atoms with Crippen LogP contribution in [0.25, 0.3) is 0 Å². The number of carbonyl (C=O) groups excluding carboxylic acids is 1. The molecule has 1 amide bonds. The van der Waals surface area contributed by atoms with E-state index in [1.54, 1.807) is 6.20 Å². The molecule has 8 heteroatoms. The summed E-state index contributed by atoms with van der Waals surface area (Å²) in [5, 5.41) is 14.3. The first kappa shape index (κ1) is 20.6. The Kier molecular flexibility index (Phi) is 5.54. The van der Waals surface area contributed by atoms with Crippen molar-refractivity contribution in [1.29, 1.82) is 0 Å². The van der Waals surface area contributed by atoms with Crippen molar-refractivity contribution in [3.05, 3.63) is 48.0 Å². The number of hydrogen-bond donors (Lipinski definition) is 1. The van der Waals surface area contributed by atoms with Crippen LogP contribution in [0.4, 0.5) is 0 Å². The molecule has 0 radical (unpaired) electrons. The van der Waals surface area contributed by atoms with Crippen LogP contribution in [-0.2, 0) is 22.6 Å². The van der Waals surface area contributed by atoms with Gasteiger partial charge in [-0.1, -0.05) is 6.07 Å². The number of aryl methyl sites for hydroxylation is 2. The third-order valence-corrected chi connectivity index (χ3v) is 7.09. The van der Waals surface area contributed by atoms with Crippen molar-refractivity contribution >= 4 is 5.91 Å². The predicted molar refractivity (Wildman–Crippen MR) is 114 cm³/mol.